The van der Waals surface area contributed by atoms with Gasteiger partial charge in [-0.15, -0.1) is 0 Å². The Morgan fingerprint density at radius 3 is 1.56 bits per heavy atom. The Bertz CT molecular complexity index is 3420. The molecule has 0 atom stereocenters. The Morgan fingerprint density at radius 1 is 0.418 bits per heavy atom. The van der Waals surface area contributed by atoms with E-state index in [1.165, 1.54) is 21.5 Å². The molecule has 0 bridgehead atoms. The summed E-state index contributed by atoms with van der Waals surface area (Å²) in [6, 6.07) is 63.5. The summed E-state index contributed by atoms with van der Waals surface area (Å²) in [6.45, 7) is 8.44. The summed E-state index contributed by atoms with van der Waals surface area (Å²) in [5.41, 5.74) is 12.4. The van der Waals surface area contributed by atoms with Crippen LogP contribution < -0.4 is 0 Å². The molecule has 0 N–H and O–H groups in total. The number of nitrogens with zero attached hydrogens (tertiary/aromatic N) is 5. The van der Waals surface area contributed by atoms with Gasteiger partial charge in [0.2, 0.25) is 5.69 Å². The minimum Gasteiger partial charge on any atom is -0.319 e. The molecule has 11 rings (SSSR count). The minimum absolute atomic E-state index is 0.533. The van der Waals surface area contributed by atoms with Gasteiger partial charge in [0.15, 0.2) is 0 Å². The van der Waals surface area contributed by atoms with E-state index >= 15 is 0 Å². The van der Waals surface area contributed by atoms with Gasteiger partial charge in [-0.05, 0) is 66.2 Å². The third kappa shape index (κ3) is 4.39. The first-order valence-corrected chi connectivity index (χ1v) is 18.3. The van der Waals surface area contributed by atoms with E-state index < -0.39 is 0 Å². The summed E-state index contributed by atoms with van der Waals surface area (Å²) in [5, 5.41) is 16.7. The summed E-state index contributed by atoms with van der Waals surface area (Å²) in [4.78, 5) is 4.12. The van der Waals surface area contributed by atoms with Crippen LogP contribution in [0.25, 0.3) is 98.5 Å². The summed E-state index contributed by atoms with van der Waals surface area (Å²) in [6.07, 6.45) is 0. The van der Waals surface area contributed by atoms with Gasteiger partial charge in [0.25, 0.3) is 0 Å². The van der Waals surface area contributed by atoms with E-state index in [-0.39, 0.29) is 0 Å². The molecule has 0 saturated heterocycles. The van der Waals surface area contributed by atoms with E-state index in [9.17, 15) is 5.26 Å². The van der Waals surface area contributed by atoms with E-state index in [4.69, 9.17) is 6.57 Å². The van der Waals surface area contributed by atoms with Crippen LogP contribution in [0.1, 0.15) is 5.56 Å². The molecular formula is C50H29N5. The predicted molar refractivity (Wildman–Crippen MR) is 226 cm³/mol. The van der Waals surface area contributed by atoms with Gasteiger partial charge >= 0.3 is 0 Å². The number of benzene rings is 8. The number of para-hydroxylation sites is 6. The molecule has 0 unspecified atom stereocenters. The molecule has 5 nitrogen and oxygen atoms in total. The fraction of sp³-hybridized carbons (Fsp3) is 0. The van der Waals surface area contributed by atoms with E-state index in [0.29, 0.717) is 11.3 Å². The van der Waals surface area contributed by atoms with Crippen LogP contribution in [0, 0.1) is 17.9 Å². The van der Waals surface area contributed by atoms with Gasteiger partial charge in [0.05, 0.1) is 68.4 Å². The highest BCUT2D eigenvalue weighted by atomic mass is 15.1. The van der Waals surface area contributed by atoms with Crippen molar-refractivity contribution < 1.29 is 0 Å². The molecule has 0 saturated carbocycles. The van der Waals surface area contributed by atoms with Gasteiger partial charge in [-0.3, -0.25) is 0 Å². The van der Waals surface area contributed by atoms with Crippen LogP contribution in [0.3, 0.4) is 0 Å². The number of aromatic nitrogens is 3. The molecule has 0 fully saturated rings. The molecule has 0 aliphatic heterocycles. The topological polar surface area (TPSA) is 42.9 Å². The average Bonchev–Trinajstić information content (AvgIpc) is 3.89. The molecule has 11 aromatic rings. The molecule has 5 heteroatoms. The fourth-order valence-electron chi connectivity index (χ4n) is 8.80. The Labute approximate surface area is 316 Å². The first-order valence-electron chi connectivity index (χ1n) is 18.3. The molecule has 3 heterocycles. The number of hydrogen-bond donors (Lipinski definition) is 0. The van der Waals surface area contributed by atoms with Crippen molar-refractivity contribution in [3.05, 3.63) is 193 Å². The zero-order valence-electron chi connectivity index (χ0n) is 29.5. The van der Waals surface area contributed by atoms with E-state index in [1.807, 2.05) is 36.4 Å². The van der Waals surface area contributed by atoms with E-state index in [1.54, 1.807) is 0 Å². The van der Waals surface area contributed by atoms with Crippen LogP contribution in [0.15, 0.2) is 176 Å². The largest absolute Gasteiger partial charge is 0.319 e. The lowest BCUT2D eigenvalue weighted by atomic mass is 10.0. The molecule has 0 radical (unpaired) electrons. The standard InChI is InChI=1S/C50H29N5/c1-52-41-30-33(26-28-47(41)54-45-22-10-5-16-37(45)39-27-25-32(31-51)29-49(39)54)34-13-2-7-19-42(34)55-46-23-11-6-17-38(46)40-18-12-24-48(50(40)55)53-43-20-8-3-14-35(43)36-15-4-9-21-44(36)53/h2-30H. The maximum atomic E-state index is 9.79. The average molecular weight is 700 g/mol. The number of nitriles is 1. The van der Waals surface area contributed by atoms with Gasteiger partial charge in [0.1, 0.15) is 0 Å². The SMILES string of the molecule is [C-]#[N+]c1cc(-c2ccccc2-n2c3ccccc3c3cccc(-n4c5ccccc5c5ccccc54)c32)ccc1-n1c2ccccc2c2ccc(C#N)cc21. The maximum absolute atomic E-state index is 9.79. The molecular weight excluding hydrogens is 671 g/mol. The summed E-state index contributed by atoms with van der Waals surface area (Å²) >= 11 is 0. The van der Waals surface area contributed by atoms with Crippen LogP contribution >= 0.6 is 0 Å². The van der Waals surface area contributed by atoms with Crippen molar-refractivity contribution in [3.8, 4) is 34.3 Å². The van der Waals surface area contributed by atoms with Crippen molar-refractivity contribution in [3.63, 3.8) is 0 Å². The second-order valence-corrected chi connectivity index (χ2v) is 13.9. The molecule has 0 spiro atoms. The lowest BCUT2D eigenvalue weighted by Gasteiger charge is -2.18. The Morgan fingerprint density at radius 2 is 0.927 bits per heavy atom. The van der Waals surface area contributed by atoms with Crippen molar-refractivity contribution in [2.75, 3.05) is 0 Å². The van der Waals surface area contributed by atoms with Gasteiger partial charge in [-0.1, -0.05) is 115 Å². The molecule has 55 heavy (non-hydrogen) atoms. The summed E-state index contributed by atoms with van der Waals surface area (Å²) in [7, 11) is 0. The fourth-order valence-corrected chi connectivity index (χ4v) is 8.80. The first kappa shape index (κ1) is 30.7. The van der Waals surface area contributed by atoms with Crippen molar-refractivity contribution in [2.45, 2.75) is 0 Å². The quantitative estimate of drug-likeness (QED) is 0.169. The second kappa shape index (κ2) is 11.8. The third-order valence-corrected chi connectivity index (χ3v) is 11.1. The lowest BCUT2D eigenvalue weighted by Crippen LogP contribution is -2.02. The Kier molecular flexibility index (Phi) is 6.61. The van der Waals surface area contributed by atoms with Crippen LogP contribution in [0.4, 0.5) is 5.69 Å². The molecule has 8 aromatic carbocycles. The highest BCUT2D eigenvalue weighted by Gasteiger charge is 2.22. The van der Waals surface area contributed by atoms with Gasteiger partial charge in [-0.25, -0.2) is 4.85 Å². The molecule has 0 aliphatic carbocycles. The maximum Gasteiger partial charge on any atom is 0.211 e. The normalized spacial score (nSPS) is 11.6. The second-order valence-electron chi connectivity index (χ2n) is 13.9. The Hall–Kier alpha value is -7.86. The lowest BCUT2D eigenvalue weighted by molar-refractivity contribution is 1.13. The van der Waals surface area contributed by atoms with Crippen molar-refractivity contribution >= 4 is 71.1 Å². The molecule has 3 aromatic heterocycles. The predicted octanol–water partition coefficient (Wildman–Crippen LogP) is 13.1. The van der Waals surface area contributed by atoms with E-state index in [2.05, 4.69) is 164 Å². The summed E-state index contributed by atoms with van der Waals surface area (Å²) in [5.74, 6) is 0. The number of hydrogen-bond acceptors (Lipinski definition) is 1. The first-order chi connectivity index (χ1) is 27.2. The van der Waals surface area contributed by atoms with Crippen LogP contribution in [-0.4, -0.2) is 13.7 Å². The van der Waals surface area contributed by atoms with Crippen molar-refractivity contribution in [1.29, 1.82) is 5.26 Å². The van der Waals surface area contributed by atoms with Crippen molar-refractivity contribution in [1.82, 2.24) is 13.7 Å². The highest BCUT2D eigenvalue weighted by molar-refractivity contribution is 6.15. The van der Waals surface area contributed by atoms with Crippen molar-refractivity contribution in [2.24, 2.45) is 0 Å². The third-order valence-electron chi connectivity index (χ3n) is 11.1. The Balaban J connectivity index is 1.18. The number of rotatable bonds is 4. The van der Waals surface area contributed by atoms with E-state index in [0.717, 1.165) is 72.1 Å². The van der Waals surface area contributed by atoms with Gasteiger partial charge in [-0.2, -0.15) is 5.26 Å². The van der Waals surface area contributed by atoms with Crippen LogP contribution in [0.2, 0.25) is 0 Å². The monoisotopic (exact) mass is 699 g/mol. The number of fused-ring (bicyclic) bond motifs is 9. The summed E-state index contributed by atoms with van der Waals surface area (Å²) < 4.78 is 6.93. The zero-order chi connectivity index (χ0) is 36.6. The molecule has 0 aliphatic rings. The van der Waals surface area contributed by atoms with Crippen LogP contribution in [0.5, 0.6) is 0 Å². The molecule has 0 amide bonds. The van der Waals surface area contributed by atoms with Gasteiger partial charge in [0, 0.05) is 37.9 Å². The van der Waals surface area contributed by atoms with Crippen LogP contribution in [-0.2, 0) is 0 Å². The minimum atomic E-state index is 0.533. The van der Waals surface area contributed by atoms with Gasteiger partial charge < -0.3 is 13.7 Å². The molecule has 254 valence electrons. The smallest absolute Gasteiger partial charge is 0.211 e. The highest BCUT2D eigenvalue weighted by Crippen LogP contribution is 2.43. The zero-order valence-corrected chi connectivity index (χ0v) is 29.5.